The van der Waals surface area contributed by atoms with E-state index >= 15 is 0 Å². The topological polar surface area (TPSA) is 55.3 Å². The van der Waals surface area contributed by atoms with Crippen LogP contribution in [0.25, 0.3) is 0 Å². The van der Waals surface area contributed by atoms with Crippen LogP contribution in [0.3, 0.4) is 0 Å². The normalized spacial score (nSPS) is 10.5. The number of alkyl halides is 2. The molecule has 1 aromatic carbocycles. The van der Waals surface area contributed by atoms with Crippen LogP contribution in [-0.4, -0.2) is 23.1 Å². The fourth-order valence-electron chi connectivity index (χ4n) is 1.46. The van der Waals surface area contributed by atoms with E-state index in [0.29, 0.717) is 10.7 Å². The van der Waals surface area contributed by atoms with Crippen molar-refractivity contribution in [1.29, 1.82) is 0 Å². The molecular formula is C13H10ClF2N3O2. The monoisotopic (exact) mass is 313 g/mol. The average molecular weight is 314 g/mol. The molecule has 0 N–H and O–H groups in total. The highest BCUT2D eigenvalue weighted by Gasteiger charge is 2.17. The van der Waals surface area contributed by atoms with Crippen LogP contribution in [-0.2, 0) is 0 Å². The third kappa shape index (κ3) is 3.85. The predicted octanol–water partition coefficient (Wildman–Crippen LogP) is 3.70. The van der Waals surface area contributed by atoms with Gasteiger partial charge in [0.2, 0.25) is 0 Å². The number of halogens is 3. The highest BCUT2D eigenvalue weighted by atomic mass is 35.5. The Morgan fingerprint density at radius 1 is 1.38 bits per heavy atom. The van der Waals surface area contributed by atoms with Crippen molar-refractivity contribution in [1.82, 2.24) is 9.97 Å². The first kappa shape index (κ1) is 15.1. The molecule has 21 heavy (non-hydrogen) atoms. The minimum Gasteiger partial charge on any atom is -0.374 e. The predicted molar refractivity (Wildman–Crippen MR) is 72.9 cm³/mol. The Morgan fingerprint density at radius 2 is 2.14 bits per heavy atom. The van der Waals surface area contributed by atoms with Crippen molar-refractivity contribution < 1.29 is 18.3 Å². The van der Waals surface area contributed by atoms with Gasteiger partial charge in [0.25, 0.3) is 6.43 Å². The smallest absolute Gasteiger partial charge is 0.374 e. The van der Waals surface area contributed by atoms with Gasteiger partial charge < -0.3 is 4.74 Å². The Kier molecular flexibility index (Phi) is 4.64. The third-order valence-electron chi connectivity index (χ3n) is 2.53. The number of nitrogens with zero attached hydrogens (tertiary/aromatic N) is 3. The Labute approximate surface area is 124 Å². The first-order chi connectivity index (χ1) is 9.97. The summed E-state index contributed by atoms with van der Waals surface area (Å²) >= 11 is 5.82. The minimum absolute atomic E-state index is 0.438. The Balaban J connectivity index is 2.12. The summed E-state index contributed by atoms with van der Waals surface area (Å²) in [6.45, 7) is 0. The largest absolute Gasteiger partial charge is 0.421 e. The zero-order valence-electron chi connectivity index (χ0n) is 10.8. The third-order valence-corrected chi connectivity index (χ3v) is 2.76. The lowest BCUT2D eigenvalue weighted by molar-refractivity contribution is 0.144. The maximum atomic E-state index is 12.5. The van der Waals surface area contributed by atoms with Crippen molar-refractivity contribution >= 4 is 23.4 Å². The molecule has 0 spiro atoms. The molecule has 2 aromatic rings. The summed E-state index contributed by atoms with van der Waals surface area (Å²) < 4.78 is 29.8. The number of rotatable bonds is 3. The number of benzene rings is 1. The SMILES string of the molecule is CN(C(=O)Oc1nccc(C(F)F)n1)c1cccc(Cl)c1. The number of amides is 1. The van der Waals surface area contributed by atoms with Gasteiger partial charge in [-0.15, -0.1) is 0 Å². The van der Waals surface area contributed by atoms with Crippen LogP contribution >= 0.6 is 11.6 Å². The second-order valence-corrected chi connectivity index (χ2v) is 4.41. The van der Waals surface area contributed by atoms with E-state index in [1.54, 1.807) is 24.3 Å². The van der Waals surface area contributed by atoms with Crippen LogP contribution in [0.2, 0.25) is 5.02 Å². The highest BCUT2D eigenvalue weighted by molar-refractivity contribution is 6.30. The zero-order valence-corrected chi connectivity index (χ0v) is 11.6. The second kappa shape index (κ2) is 6.45. The van der Waals surface area contributed by atoms with E-state index < -0.39 is 24.2 Å². The molecule has 0 aliphatic carbocycles. The van der Waals surface area contributed by atoms with E-state index in [2.05, 4.69) is 9.97 Å². The highest BCUT2D eigenvalue weighted by Crippen LogP contribution is 2.20. The molecule has 0 saturated heterocycles. The van der Waals surface area contributed by atoms with Gasteiger partial charge in [0, 0.05) is 24.0 Å². The molecule has 0 aliphatic rings. The van der Waals surface area contributed by atoms with Crippen LogP contribution in [0.15, 0.2) is 36.5 Å². The van der Waals surface area contributed by atoms with E-state index in [1.165, 1.54) is 7.05 Å². The van der Waals surface area contributed by atoms with Crippen molar-refractivity contribution in [3.05, 3.63) is 47.2 Å². The van der Waals surface area contributed by atoms with E-state index in [4.69, 9.17) is 16.3 Å². The molecule has 110 valence electrons. The van der Waals surface area contributed by atoms with Crippen molar-refractivity contribution in [2.45, 2.75) is 6.43 Å². The Bertz CT molecular complexity index is 655. The van der Waals surface area contributed by atoms with Crippen molar-refractivity contribution in [3.63, 3.8) is 0 Å². The van der Waals surface area contributed by atoms with E-state index in [-0.39, 0.29) is 0 Å². The molecule has 8 heteroatoms. The summed E-state index contributed by atoms with van der Waals surface area (Å²) in [4.78, 5) is 20.1. The van der Waals surface area contributed by atoms with Gasteiger partial charge in [0.1, 0.15) is 5.69 Å². The van der Waals surface area contributed by atoms with Gasteiger partial charge >= 0.3 is 12.1 Å². The number of anilines is 1. The van der Waals surface area contributed by atoms with E-state index in [9.17, 15) is 13.6 Å². The van der Waals surface area contributed by atoms with Gasteiger partial charge in [-0.3, -0.25) is 4.90 Å². The summed E-state index contributed by atoms with van der Waals surface area (Å²) in [5.41, 5.74) is -0.0317. The summed E-state index contributed by atoms with van der Waals surface area (Å²) in [6, 6.07) is 7.12. The molecule has 0 unspecified atom stereocenters. The van der Waals surface area contributed by atoms with Crippen molar-refractivity contribution in [3.8, 4) is 6.01 Å². The standard InChI is InChI=1S/C13H10ClF2N3O2/c1-19(9-4-2-3-8(14)7-9)13(20)21-12-17-6-5-10(18-12)11(15)16/h2-7,11H,1H3. The molecule has 1 amide bonds. The first-order valence-corrected chi connectivity index (χ1v) is 6.17. The van der Waals surface area contributed by atoms with Crippen molar-refractivity contribution in [2.75, 3.05) is 11.9 Å². The number of hydrogen-bond acceptors (Lipinski definition) is 4. The van der Waals surface area contributed by atoms with Gasteiger partial charge in [-0.25, -0.2) is 18.6 Å². The second-order valence-electron chi connectivity index (χ2n) is 3.97. The van der Waals surface area contributed by atoms with Crippen LogP contribution in [0, 0.1) is 0 Å². The van der Waals surface area contributed by atoms with Crippen LogP contribution in [0.1, 0.15) is 12.1 Å². The average Bonchev–Trinajstić information content (AvgIpc) is 2.46. The number of ether oxygens (including phenoxy) is 1. The maximum absolute atomic E-state index is 12.5. The van der Waals surface area contributed by atoms with E-state index in [1.807, 2.05) is 0 Å². The molecule has 0 aliphatic heterocycles. The summed E-state index contributed by atoms with van der Waals surface area (Å²) in [5, 5.41) is 0.447. The van der Waals surface area contributed by atoms with Gasteiger partial charge in [-0.05, 0) is 24.3 Å². The van der Waals surface area contributed by atoms with Crippen molar-refractivity contribution in [2.24, 2.45) is 0 Å². The van der Waals surface area contributed by atoms with Gasteiger partial charge in [-0.2, -0.15) is 4.98 Å². The molecule has 0 fully saturated rings. The van der Waals surface area contributed by atoms with Gasteiger partial charge in [0.15, 0.2) is 0 Å². The maximum Gasteiger partial charge on any atom is 0.421 e. The number of carbonyl (C=O) groups excluding carboxylic acids is 1. The molecule has 0 bridgehead atoms. The lowest BCUT2D eigenvalue weighted by Gasteiger charge is -2.16. The first-order valence-electron chi connectivity index (χ1n) is 5.79. The van der Waals surface area contributed by atoms with Crippen LogP contribution < -0.4 is 9.64 Å². The fraction of sp³-hybridized carbons (Fsp3) is 0.154. The molecule has 0 radical (unpaired) electrons. The minimum atomic E-state index is -2.77. The van der Waals surface area contributed by atoms with E-state index in [0.717, 1.165) is 17.2 Å². The summed E-state index contributed by atoms with van der Waals surface area (Å²) in [5.74, 6) is 0. The number of carbonyl (C=O) groups is 1. The van der Waals surface area contributed by atoms with Gasteiger partial charge in [-0.1, -0.05) is 17.7 Å². The molecular weight excluding hydrogens is 304 g/mol. The lowest BCUT2D eigenvalue weighted by atomic mass is 10.3. The zero-order chi connectivity index (χ0) is 15.4. The molecule has 1 heterocycles. The lowest BCUT2D eigenvalue weighted by Crippen LogP contribution is -2.30. The molecule has 0 saturated carbocycles. The molecule has 0 atom stereocenters. The Morgan fingerprint density at radius 3 is 2.81 bits per heavy atom. The van der Waals surface area contributed by atoms with Crippen LogP contribution in [0.4, 0.5) is 19.3 Å². The quantitative estimate of drug-likeness (QED) is 0.867. The molecule has 5 nitrogen and oxygen atoms in total. The van der Waals surface area contributed by atoms with Crippen LogP contribution in [0.5, 0.6) is 6.01 Å². The summed E-state index contributed by atoms with van der Waals surface area (Å²) in [6.07, 6.45) is -2.49. The number of hydrogen-bond donors (Lipinski definition) is 0. The Hall–Kier alpha value is -2.28. The molecule has 1 aromatic heterocycles. The van der Waals surface area contributed by atoms with Gasteiger partial charge in [0.05, 0.1) is 0 Å². The number of aromatic nitrogens is 2. The molecule has 2 rings (SSSR count). The fourth-order valence-corrected chi connectivity index (χ4v) is 1.65. The summed E-state index contributed by atoms with van der Waals surface area (Å²) in [7, 11) is 1.45.